The number of carbonyl (C=O) groups is 3. The molecule has 1 aromatic rings. The minimum atomic E-state index is -0.838. The molecule has 1 aliphatic rings. The summed E-state index contributed by atoms with van der Waals surface area (Å²) in [5.74, 6) is -1.16. The second kappa shape index (κ2) is 9.17. The molecule has 2 atom stereocenters. The molecule has 1 heterocycles. The highest BCUT2D eigenvalue weighted by atomic mass is 16.5. The molecule has 1 fully saturated rings. The van der Waals surface area contributed by atoms with Gasteiger partial charge in [-0.15, -0.1) is 0 Å². The molecule has 0 unspecified atom stereocenters. The first-order valence-electron chi connectivity index (χ1n) is 8.36. The zero-order chi connectivity index (χ0) is 18.2. The van der Waals surface area contributed by atoms with Crippen molar-refractivity contribution in [3.05, 3.63) is 35.9 Å². The maximum absolute atomic E-state index is 12.4. The number of likely N-dealkylation sites (tertiary alicyclic amines) is 1. The van der Waals surface area contributed by atoms with E-state index in [1.807, 2.05) is 30.3 Å². The van der Waals surface area contributed by atoms with Crippen LogP contribution in [0.1, 0.15) is 31.2 Å². The summed E-state index contributed by atoms with van der Waals surface area (Å²) in [6.45, 7) is 0.671. The van der Waals surface area contributed by atoms with Crippen LogP contribution in [0.3, 0.4) is 0 Å². The van der Waals surface area contributed by atoms with Crippen molar-refractivity contribution in [3.8, 4) is 0 Å². The zero-order valence-electron chi connectivity index (χ0n) is 14.3. The number of esters is 2. The number of hydrogen-bond donors (Lipinski definition) is 1. The Balaban J connectivity index is 1.77. The van der Waals surface area contributed by atoms with Gasteiger partial charge in [-0.3, -0.25) is 9.59 Å². The highest BCUT2D eigenvalue weighted by Crippen LogP contribution is 2.20. The van der Waals surface area contributed by atoms with Gasteiger partial charge in [0, 0.05) is 13.0 Å². The zero-order valence-corrected chi connectivity index (χ0v) is 14.3. The van der Waals surface area contributed by atoms with Gasteiger partial charge in [0.05, 0.1) is 13.2 Å². The fourth-order valence-electron chi connectivity index (χ4n) is 2.83. The average molecular weight is 348 g/mol. The van der Waals surface area contributed by atoms with Crippen LogP contribution < -0.4 is 5.73 Å². The summed E-state index contributed by atoms with van der Waals surface area (Å²) in [5.41, 5.74) is 6.80. The third-order valence-electron chi connectivity index (χ3n) is 4.23. The van der Waals surface area contributed by atoms with Gasteiger partial charge in [0.25, 0.3) is 0 Å². The van der Waals surface area contributed by atoms with Crippen LogP contribution in [0, 0.1) is 0 Å². The molecule has 1 aliphatic heterocycles. The first-order chi connectivity index (χ1) is 12.0. The van der Waals surface area contributed by atoms with Crippen LogP contribution in [0.15, 0.2) is 30.3 Å². The summed E-state index contributed by atoms with van der Waals surface area (Å²) in [4.78, 5) is 37.4. The van der Waals surface area contributed by atoms with Crippen molar-refractivity contribution in [2.24, 2.45) is 5.73 Å². The Bertz CT molecular complexity index is 605. The van der Waals surface area contributed by atoms with Crippen molar-refractivity contribution in [2.45, 2.75) is 44.4 Å². The van der Waals surface area contributed by atoms with Gasteiger partial charge in [0.2, 0.25) is 5.91 Å². The van der Waals surface area contributed by atoms with Crippen LogP contribution >= 0.6 is 0 Å². The number of hydrogen-bond acceptors (Lipinski definition) is 6. The average Bonchev–Trinajstić information content (AvgIpc) is 3.13. The molecule has 0 spiro atoms. The van der Waals surface area contributed by atoms with Crippen LogP contribution in [0.5, 0.6) is 0 Å². The minimum Gasteiger partial charge on any atom is -0.467 e. The number of rotatable bonds is 7. The number of nitrogens with two attached hydrogens (primary N) is 1. The smallest absolute Gasteiger partial charge is 0.328 e. The molecule has 136 valence electrons. The van der Waals surface area contributed by atoms with E-state index >= 15 is 0 Å². The molecule has 7 heteroatoms. The molecule has 0 radical (unpaired) electrons. The van der Waals surface area contributed by atoms with Crippen molar-refractivity contribution in [2.75, 3.05) is 13.7 Å². The summed E-state index contributed by atoms with van der Waals surface area (Å²) in [6, 6.07) is 7.93. The molecule has 1 amide bonds. The Morgan fingerprint density at radius 3 is 2.68 bits per heavy atom. The molecule has 0 saturated carbocycles. The molecule has 2 rings (SSSR count). The summed E-state index contributed by atoms with van der Waals surface area (Å²) < 4.78 is 9.89. The number of nitrogens with zero attached hydrogens (tertiary/aromatic N) is 1. The molecule has 1 aromatic carbocycles. The Labute approximate surface area is 147 Å². The molecule has 7 nitrogen and oxygen atoms in total. The second-order valence-corrected chi connectivity index (χ2v) is 6.00. The number of carbonyl (C=O) groups excluding carboxylic acids is 3. The molecule has 0 aromatic heterocycles. The van der Waals surface area contributed by atoms with Gasteiger partial charge in [-0.2, -0.15) is 0 Å². The Kier molecular flexibility index (Phi) is 6.94. The summed E-state index contributed by atoms with van der Waals surface area (Å²) in [5, 5.41) is 0. The predicted octanol–water partition coefficient (Wildman–Crippen LogP) is 1.00. The van der Waals surface area contributed by atoms with Crippen molar-refractivity contribution in [1.29, 1.82) is 0 Å². The lowest BCUT2D eigenvalue weighted by Gasteiger charge is -2.25. The van der Waals surface area contributed by atoms with E-state index in [1.54, 1.807) is 0 Å². The van der Waals surface area contributed by atoms with Crippen LogP contribution in [-0.2, 0) is 30.5 Å². The number of ether oxygens (including phenoxy) is 2. The summed E-state index contributed by atoms with van der Waals surface area (Å²) in [7, 11) is 1.30. The van der Waals surface area contributed by atoms with Crippen LogP contribution in [0.2, 0.25) is 0 Å². The van der Waals surface area contributed by atoms with Gasteiger partial charge < -0.3 is 20.1 Å². The van der Waals surface area contributed by atoms with Crippen molar-refractivity contribution in [3.63, 3.8) is 0 Å². The van der Waals surface area contributed by atoms with E-state index < -0.39 is 24.0 Å². The van der Waals surface area contributed by atoms with E-state index in [1.165, 1.54) is 12.0 Å². The molecular formula is C18H24N2O5. The van der Waals surface area contributed by atoms with E-state index in [9.17, 15) is 14.4 Å². The SMILES string of the molecule is COC(=O)[C@@H]1CCCN1C(=O)[C@@H](N)CCC(=O)OCc1ccccc1. The van der Waals surface area contributed by atoms with Crippen LogP contribution in [0.25, 0.3) is 0 Å². The third kappa shape index (κ3) is 5.29. The monoisotopic (exact) mass is 348 g/mol. The number of methoxy groups -OCH3 is 1. The third-order valence-corrected chi connectivity index (χ3v) is 4.23. The van der Waals surface area contributed by atoms with Gasteiger partial charge >= 0.3 is 11.9 Å². The lowest BCUT2D eigenvalue weighted by atomic mass is 10.1. The van der Waals surface area contributed by atoms with Crippen LogP contribution in [0.4, 0.5) is 0 Å². The molecular weight excluding hydrogens is 324 g/mol. The molecule has 0 aliphatic carbocycles. The van der Waals surface area contributed by atoms with E-state index in [0.29, 0.717) is 13.0 Å². The molecule has 2 N–H and O–H groups in total. The minimum absolute atomic E-state index is 0.0521. The fraction of sp³-hybridized carbons (Fsp3) is 0.500. The van der Waals surface area contributed by atoms with Gasteiger partial charge in [-0.25, -0.2) is 4.79 Å². The summed E-state index contributed by atoms with van der Waals surface area (Å²) in [6.07, 6.45) is 1.54. The van der Waals surface area contributed by atoms with Crippen LogP contribution in [-0.4, -0.2) is 48.5 Å². The highest BCUT2D eigenvalue weighted by Gasteiger charge is 2.36. The Morgan fingerprint density at radius 2 is 2.00 bits per heavy atom. The van der Waals surface area contributed by atoms with E-state index in [-0.39, 0.29) is 25.4 Å². The van der Waals surface area contributed by atoms with Crippen molar-refractivity contribution < 1.29 is 23.9 Å². The van der Waals surface area contributed by atoms with Crippen molar-refractivity contribution >= 4 is 17.8 Å². The first kappa shape index (κ1) is 18.9. The predicted molar refractivity (Wildman–Crippen MR) is 90.2 cm³/mol. The standard InChI is InChI=1S/C18H24N2O5/c1-24-18(23)15-8-5-11-20(15)17(22)14(19)9-10-16(21)25-12-13-6-3-2-4-7-13/h2-4,6-7,14-15H,5,8-12,19H2,1H3/t14-,15-/m0/s1. The van der Waals surface area contributed by atoms with E-state index in [0.717, 1.165) is 12.0 Å². The van der Waals surface area contributed by atoms with Gasteiger partial charge in [-0.05, 0) is 24.8 Å². The van der Waals surface area contributed by atoms with Gasteiger partial charge in [0.1, 0.15) is 12.6 Å². The largest absolute Gasteiger partial charge is 0.467 e. The highest BCUT2D eigenvalue weighted by molar-refractivity contribution is 5.88. The first-order valence-corrected chi connectivity index (χ1v) is 8.36. The lowest BCUT2D eigenvalue weighted by molar-refractivity contribution is -0.151. The maximum atomic E-state index is 12.4. The number of amides is 1. The Hall–Kier alpha value is -2.41. The van der Waals surface area contributed by atoms with Crippen molar-refractivity contribution in [1.82, 2.24) is 4.90 Å². The normalized spacial score (nSPS) is 17.8. The van der Waals surface area contributed by atoms with E-state index in [2.05, 4.69) is 0 Å². The maximum Gasteiger partial charge on any atom is 0.328 e. The summed E-state index contributed by atoms with van der Waals surface area (Å²) >= 11 is 0. The molecule has 0 bridgehead atoms. The topological polar surface area (TPSA) is 98.9 Å². The van der Waals surface area contributed by atoms with E-state index in [4.69, 9.17) is 15.2 Å². The second-order valence-electron chi connectivity index (χ2n) is 6.00. The fourth-order valence-corrected chi connectivity index (χ4v) is 2.83. The number of benzene rings is 1. The lowest BCUT2D eigenvalue weighted by Crippen LogP contribution is -2.48. The Morgan fingerprint density at radius 1 is 1.28 bits per heavy atom. The van der Waals surface area contributed by atoms with Gasteiger partial charge in [0.15, 0.2) is 0 Å². The molecule has 1 saturated heterocycles. The van der Waals surface area contributed by atoms with Gasteiger partial charge in [-0.1, -0.05) is 30.3 Å². The quantitative estimate of drug-likeness (QED) is 0.738. The molecule has 25 heavy (non-hydrogen) atoms.